The summed E-state index contributed by atoms with van der Waals surface area (Å²) in [5.41, 5.74) is 3.40. The summed E-state index contributed by atoms with van der Waals surface area (Å²) in [5, 5.41) is 6.66. The van der Waals surface area contributed by atoms with E-state index >= 15 is 0 Å². The number of fused-ring (bicyclic) bond motifs is 1. The largest absolute Gasteiger partial charge is 0.493 e. The lowest BCUT2D eigenvalue weighted by Gasteiger charge is -2.12. The molecular weight excluding hydrogens is 326 g/mol. The highest BCUT2D eigenvalue weighted by Gasteiger charge is 2.16. The molecule has 2 heterocycles. The van der Waals surface area contributed by atoms with Gasteiger partial charge in [-0.1, -0.05) is 12.1 Å². The second kappa shape index (κ2) is 6.92. The first kappa shape index (κ1) is 16.3. The molecule has 3 aromatic rings. The summed E-state index contributed by atoms with van der Waals surface area (Å²) < 4.78 is 11.1. The average Bonchev–Trinajstić information content (AvgIpc) is 3.18. The van der Waals surface area contributed by atoms with Crippen molar-refractivity contribution in [2.45, 2.75) is 26.4 Å². The van der Waals surface area contributed by atoms with Crippen molar-refractivity contribution in [1.82, 2.24) is 15.6 Å². The molecule has 0 radical (unpaired) electrons. The van der Waals surface area contributed by atoms with Gasteiger partial charge in [-0.25, -0.2) is 9.78 Å². The van der Waals surface area contributed by atoms with Crippen molar-refractivity contribution in [3.8, 4) is 5.75 Å². The van der Waals surface area contributed by atoms with Gasteiger partial charge in [0.15, 0.2) is 11.3 Å². The second-order valence-electron chi connectivity index (χ2n) is 5.44. The van der Waals surface area contributed by atoms with E-state index in [-0.39, 0.29) is 12.1 Å². The third-order valence-corrected chi connectivity index (χ3v) is 4.71. The number of aryl methyl sites for hydroxylation is 1. The van der Waals surface area contributed by atoms with E-state index in [9.17, 15) is 4.79 Å². The van der Waals surface area contributed by atoms with Crippen LogP contribution >= 0.6 is 11.3 Å². The Bertz CT molecular complexity index is 856. The zero-order chi connectivity index (χ0) is 17.1. The van der Waals surface area contributed by atoms with Gasteiger partial charge in [-0.3, -0.25) is 0 Å². The first-order valence-electron chi connectivity index (χ1n) is 7.58. The molecule has 1 atom stereocenters. The fourth-order valence-electron chi connectivity index (χ4n) is 2.41. The summed E-state index contributed by atoms with van der Waals surface area (Å²) in [7, 11) is 1.60. The highest BCUT2D eigenvalue weighted by molar-refractivity contribution is 7.09. The number of amides is 2. The summed E-state index contributed by atoms with van der Waals surface area (Å²) in [4.78, 5) is 17.3. The normalized spacial score (nSPS) is 12.1. The van der Waals surface area contributed by atoms with E-state index in [2.05, 4.69) is 15.6 Å². The number of hydrogen-bond donors (Lipinski definition) is 2. The van der Waals surface area contributed by atoms with Crippen molar-refractivity contribution in [3.63, 3.8) is 0 Å². The number of aromatic nitrogens is 1. The Hall–Kier alpha value is -2.54. The number of rotatable bonds is 5. The number of nitrogens with one attached hydrogen (secondary N) is 2. The lowest BCUT2D eigenvalue weighted by Crippen LogP contribution is -2.36. The Morgan fingerprint density at radius 3 is 3.00 bits per heavy atom. The molecule has 6 nitrogen and oxygen atoms in total. The van der Waals surface area contributed by atoms with Gasteiger partial charge in [0.25, 0.3) is 0 Å². The Morgan fingerprint density at radius 1 is 1.46 bits per heavy atom. The van der Waals surface area contributed by atoms with Crippen LogP contribution in [0, 0.1) is 6.92 Å². The van der Waals surface area contributed by atoms with Gasteiger partial charge in [-0.15, -0.1) is 11.3 Å². The maximum atomic E-state index is 12.1. The van der Waals surface area contributed by atoms with E-state index in [4.69, 9.17) is 9.15 Å². The highest BCUT2D eigenvalue weighted by Crippen LogP contribution is 2.30. The Balaban J connectivity index is 1.65. The average molecular weight is 345 g/mol. The summed E-state index contributed by atoms with van der Waals surface area (Å²) in [6.07, 6.45) is 0. The Morgan fingerprint density at radius 2 is 2.29 bits per heavy atom. The molecule has 2 N–H and O–H groups in total. The number of para-hydroxylation sites is 1. The molecule has 2 aromatic heterocycles. The number of urea groups is 1. The zero-order valence-electron chi connectivity index (χ0n) is 13.8. The van der Waals surface area contributed by atoms with Crippen LogP contribution in [-0.2, 0) is 6.54 Å². The summed E-state index contributed by atoms with van der Waals surface area (Å²) >= 11 is 1.53. The lowest BCUT2D eigenvalue weighted by molar-refractivity contribution is 0.236. The van der Waals surface area contributed by atoms with Crippen LogP contribution in [0.2, 0.25) is 0 Å². The van der Waals surface area contributed by atoms with Crippen LogP contribution < -0.4 is 15.4 Å². The lowest BCUT2D eigenvalue weighted by atomic mass is 10.2. The van der Waals surface area contributed by atoms with E-state index < -0.39 is 0 Å². The second-order valence-corrected chi connectivity index (χ2v) is 6.38. The molecule has 1 unspecified atom stereocenters. The van der Waals surface area contributed by atoms with E-state index in [0.717, 1.165) is 16.0 Å². The van der Waals surface area contributed by atoms with Gasteiger partial charge in [0.1, 0.15) is 5.76 Å². The quantitative estimate of drug-likeness (QED) is 0.738. The predicted molar refractivity (Wildman–Crippen MR) is 93.4 cm³/mol. The van der Waals surface area contributed by atoms with Crippen molar-refractivity contribution >= 4 is 28.3 Å². The molecular formula is C17H19N3O3S. The molecule has 2 amide bonds. The van der Waals surface area contributed by atoms with Crippen LogP contribution in [0.3, 0.4) is 0 Å². The summed E-state index contributed by atoms with van der Waals surface area (Å²) in [5.74, 6) is 1.36. The van der Waals surface area contributed by atoms with Crippen LogP contribution in [0.1, 0.15) is 29.3 Å². The molecule has 0 bridgehead atoms. The van der Waals surface area contributed by atoms with Crippen molar-refractivity contribution in [1.29, 1.82) is 0 Å². The number of hydrogen-bond acceptors (Lipinski definition) is 5. The van der Waals surface area contributed by atoms with Gasteiger partial charge in [0.05, 0.1) is 30.9 Å². The Kier molecular flexibility index (Phi) is 4.71. The standard InChI is InChI=1S/C17H19N3O3S/c1-10(20-17(21)18-8-15-11(2)19-9-24-15)14-7-12-5-4-6-13(22-3)16(12)23-14/h4-7,9-10H,8H2,1-3H3,(H2,18,20,21). The number of furan rings is 1. The molecule has 1 aromatic carbocycles. The molecule has 0 aliphatic carbocycles. The number of methoxy groups -OCH3 is 1. The maximum Gasteiger partial charge on any atom is 0.315 e. The number of thiazole rings is 1. The fourth-order valence-corrected chi connectivity index (χ4v) is 3.12. The van der Waals surface area contributed by atoms with Crippen molar-refractivity contribution < 1.29 is 13.9 Å². The van der Waals surface area contributed by atoms with Gasteiger partial charge in [0, 0.05) is 10.3 Å². The predicted octanol–water partition coefficient (Wildman–Crippen LogP) is 3.77. The third-order valence-electron chi connectivity index (χ3n) is 3.78. The van der Waals surface area contributed by atoms with Crippen molar-refractivity contribution in [2.75, 3.05) is 7.11 Å². The monoisotopic (exact) mass is 345 g/mol. The van der Waals surface area contributed by atoms with Crippen LogP contribution in [0.5, 0.6) is 5.75 Å². The number of nitrogens with zero attached hydrogens (tertiary/aromatic N) is 1. The fraction of sp³-hybridized carbons (Fsp3) is 0.294. The van der Waals surface area contributed by atoms with Gasteiger partial charge < -0.3 is 19.8 Å². The number of carbonyl (C=O) groups excluding carboxylic acids is 1. The minimum atomic E-state index is -0.260. The molecule has 0 fully saturated rings. The smallest absolute Gasteiger partial charge is 0.315 e. The van der Waals surface area contributed by atoms with E-state index in [1.807, 2.05) is 38.1 Å². The van der Waals surface area contributed by atoms with Gasteiger partial charge in [0.2, 0.25) is 0 Å². The van der Waals surface area contributed by atoms with Gasteiger partial charge in [-0.2, -0.15) is 0 Å². The third kappa shape index (κ3) is 3.35. The number of ether oxygens (including phenoxy) is 1. The minimum Gasteiger partial charge on any atom is -0.493 e. The molecule has 24 heavy (non-hydrogen) atoms. The molecule has 126 valence electrons. The van der Waals surface area contributed by atoms with E-state index in [0.29, 0.717) is 23.6 Å². The summed E-state index contributed by atoms with van der Waals surface area (Å²) in [6, 6.07) is 7.10. The SMILES string of the molecule is COc1cccc2cc(C(C)NC(=O)NCc3scnc3C)oc12. The van der Waals surface area contributed by atoms with Crippen LogP contribution in [-0.4, -0.2) is 18.1 Å². The van der Waals surface area contributed by atoms with Crippen LogP contribution in [0.25, 0.3) is 11.0 Å². The first-order chi connectivity index (χ1) is 11.6. The molecule has 0 aliphatic heterocycles. The number of carbonyl (C=O) groups is 1. The van der Waals surface area contributed by atoms with Crippen LogP contribution in [0.15, 0.2) is 34.2 Å². The molecule has 0 saturated heterocycles. The van der Waals surface area contributed by atoms with E-state index in [1.165, 1.54) is 11.3 Å². The van der Waals surface area contributed by atoms with Crippen molar-refractivity contribution in [3.05, 3.63) is 46.1 Å². The van der Waals surface area contributed by atoms with E-state index in [1.54, 1.807) is 12.6 Å². The first-order valence-corrected chi connectivity index (χ1v) is 8.46. The molecule has 7 heteroatoms. The summed E-state index contributed by atoms with van der Waals surface area (Å²) in [6.45, 7) is 4.26. The minimum absolute atomic E-state index is 0.247. The van der Waals surface area contributed by atoms with Gasteiger partial charge >= 0.3 is 6.03 Å². The molecule has 0 aliphatic rings. The zero-order valence-corrected chi connectivity index (χ0v) is 14.6. The molecule has 3 rings (SSSR count). The van der Waals surface area contributed by atoms with Gasteiger partial charge in [-0.05, 0) is 26.0 Å². The van der Waals surface area contributed by atoms with Crippen molar-refractivity contribution in [2.24, 2.45) is 0 Å². The maximum absolute atomic E-state index is 12.1. The Labute approximate surface area is 143 Å². The molecule has 0 saturated carbocycles. The topological polar surface area (TPSA) is 76.4 Å². The number of benzene rings is 1. The van der Waals surface area contributed by atoms with Crippen LogP contribution in [0.4, 0.5) is 4.79 Å². The highest BCUT2D eigenvalue weighted by atomic mass is 32.1. The molecule has 0 spiro atoms.